The van der Waals surface area contributed by atoms with E-state index in [-0.39, 0.29) is 25.9 Å². The second kappa shape index (κ2) is 27.2. The Balaban J connectivity index is 1.52. The second-order valence-electron chi connectivity index (χ2n) is 20.5. The molecule has 1 unspecified atom stereocenters. The Hall–Kier alpha value is -7.39. The Labute approximate surface area is 438 Å². The molecular formula is C54H75N9O12. The van der Waals surface area contributed by atoms with Crippen molar-refractivity contribution >= 4 is 53.4 Å². The zero-order valence-corrected chi connectivity index (χ0v) is 44.3. The lowest BCUT2D eigenvalue weighted by Crippen LogP contribution is -2.58. The lowest BCUT2D eigenvalue weighted by atomic mass is 9.77. The number of hydrogen-bond donors (Lipinski definition) is 9. The van der Waals surface area contributed by atoms with Gasteiger partial charge in [0, 0.05) is 19.5 Å². The second-order valence-corrected chi connectivity index (χ2v) is 20.5. The molecule has 1 saturated heterocycles. The van der Waals surface area contributed by atoms with Gasteiger partial charge >= 0.3 is 12.1 Å². The van der Waals surface area contributed by atoms with Crippen molar-refractivity contribution in [1.82, 2.24) is 42.1 Å². The van der Waals surface area contributed by atoms with Crippen molar-refractivity contribution in [2.45, 2.75) is 141 Å². The van der Waals surface area contributed by atoms with Crippen LogP contribution >= 0.6 is 0 Å². The fraction of sp³-hybridized carbons (Fsp3) is 0.500. The molecule has 10 N–H and O–H groups in total. The Morgan fingerprint density at radius 3 is 1.63 bits per heavy atom. The SMILES string of the molecule is CC[C@H](NC(=O)CNC(=O)C(NC(=O)CNC(=O)[C@@H](N)CNC(=O)OC(C)(C)C)[C@@H](C)CC)C(=O)N[C@@H](CC(=O)NC(c1ccccc1)(c1ccccc1)c1ccccc1)C(=O)N1C[C@H](OC(C)(C)C)C[C@H]1C(=O)O. The summed E-state index contributed by atoms with van der Waals surface area (Å²) in [5.41, 5.74) is 5.15. The molecule has 0 bridgehead atoms. The minimum atomic E-state index is -1.65. The summed E-state index contributed by atoms with van der Waals surface area (Å²) < 4.78 is 11.2. The average molecular weight is 1040 g/mol. The van der Waals surface area contributed by atoms with E-state index in [1.165, 1.54) is 0 Å². The van der Waals surface area contributed by atoms with Crippen molar-refractivity contribution in [2.75, 3.05) is 26.2 Å². The fourth-order valence-electron chi connectivity index (χ4n) is 8.46. The standard InChI is InChI=1S/C54H75N9O12/c1-10-33(3)45(61-44(66)31-56-46(67)38(55)29-58-51(73)75-53(7,8)9)48(69)57-30-43(65)59-39(11-2)47(68)60-40(49(70)63-32-37(74-52(4,5)6)27-41(63)50(71)72)28-42(64)62-54(34-21-15-12-16-22-34,35-23-17-13-18-24-35)36-25-19-14-20-26-36/h12-26,33,37-41,45H,10-11,27-32,55H2,1-9H3,(H,56,67)(H,57,69)(H,58,73)(H,59,65)(H,60,68)(H,61,66)(H,62,64)(H,71,72)/t33-,37+,38-,39-,40-,41-,45?/m0/s1. The largest absolute Gasteiger partial charge is 0.480 e. The first-order valence-corrected chi connectivity index (χ1v) is 25.1. The molecule has 408 valence electrons. The highest BCUT2D eigenvalue weighted by Gasteiger charge is 2.45. The first-order valence-electron chi connectivity index (χ1n) is 25.1. The maximum atomic E-state index is 14.7. The van der Waals surface area contributed by atoms with Crippen LogP contribution in [0, 0.1) is 5.92 Å². The molecule has 75 heavy (non-hydrogen) atoms. The van der Waals surface area contributed by atoms with E-state index in [9.17, 15) is 48.3 Å². The van der Waals surface area contributed by atoms with Crippen molar-refractivity contribution in [3.8, 4) is 0 Å². The third kappa shape index (κ3) is 17.9. The van der Waals surface area contributed by atoms with Crippen LogP contribution in [0.4, 0.5) is 4.79 Å². The Bertz CT molecular complexity index is 2350. The summed E-state index contributed by atoms with van der Waals surface area (Å²) in [6.07, 6.45) is -1.76. The number of carboxylic acids is 1. The lowest BCUT2D eigenvalue weighted by Gasteiger charge is -2.37. The third-order valence-electron chi connectivity index (χ3n) is 12.2. The average Bonchev–Trinajstić information content (AvgIpc) is 3.79. The topological polar surface area (TPSA) is 306 Å². The summed E-state index contributed by atoms with van der Waals surface area (Å²) in [5.74, 6) is -7.21. The molecule has 0 aliphatic carbocycles. The van der Waals surface area contributed by atoms with Gasteiger partial charge in [-0.2, -0.15) is 0 Å². The Morgan fingerprint density at radius 1 is 0.653 bits per heavy atom. The van der Waals surface area contributed by atoms with Gasteiger partial charge in [0.15, 0.2) is 0 Å². The van der Waals surface area contributed by atoms with Gasteiger partial charge in [-0.3, -0.25) is 33.6 Å². The zero-order valence-electron chi connectivity index (χ0n) is 44.3. The molecule has 0 spiro atoms. The van der Waals surface area contributed by atoms with Crippen LogP contribution in [0.1, 0.15) is 105 Å². The molecule has 3 aromatic rings. The number of carboxylic acid groups (broad SMARTS) is 1. The van der Waals surface area contributed by atoms with Crippen LogP contribution in [0.2, 0.25) is 0 Å². The van der Waals surface area contributed by atoms with Crippen molar-refractivity contribution in [1.29, 1.82) is 0 Å². The number of likely N-dealkylation sites (tertiary alicyclic amines) is 1. The normalized spacial score (nSPS) is 16.6. The highest BCUT2D eigenvalue weighted by atomic mass is 16.6. The van der Waals surface area contributed by atoms with Crippen molar-refractivity contribution in [3.05, 3.63) is 108 Å². The van der Waals surface area contributed by atoms with Gasteiger partial charge in [-0.05, 0) is 70.6 Å². The van der Waals surface area contributed by atoms with Crippen LogP contribution in [-0.2, 0) is 53.4 Å². The van der Waals surface area contributed by atoms with Gasteiger partial charge < -0.3 is 62.4 Å². The van der Waals surface area contributed by atoms with E-state index in [1.54, 1.807) is 62.3 Å². The molecule has 21 nitrogen and oxygen atoms in total. The lowest BCUT2D eigenvalue weighted by molar-refractivity contribution is -0.150. The van der Waals surface area contributed by atoms with E-state index in [1.807, 2.05) is 91.0 Å². The predicted molar refractivity (Wildman–Crippen MR) is 278 cm³/mol. The van der Waals surface area contributed by atoms with E-state index in [0.717, 1.165) is 4.90 Å². The van der Waals surface area contributed by atoms with Crippen LogP contribution in [0.5, 0.6) is 0 Å². The molecule has 21 heteroatoms. The molecule has 4 rings (SSSR count). The number of carbonyl (C=O) groups excluding carboxylic acids is 8. The number of benzene rings is 3. The minimum Gasteiger partial charge on any atom is -0.480 e. The van der Waals surface area contributed by atoms with Gasteiger partial charge in [-0.15, -0.1) is 0 Å². The Morgan fingerprint density at radius 2 is 1.16 bits per heavy atom. The van der Waals surface area contributed by atoms with Crippen molar-refractivity contribution in [2.24, 2.45) is 11.7 Å². The van der Waals surface area contributed by atoms with Crippen LogP contribution in [-0.4, -0.2) is 137 Å². The summed E-state index contributed by atoms with van der Waals surface area (Å²) >= 11 is 0. The molecule has 1 fully saturated rings. The number of hydrogen-bond acceptors (Lipinski definition) is 12. The molecule has 0 aromatic heterocycles. The Kier molecular flexibility index (Phi) is 21.8. The molecule has 1 aliphatic rings. The van der Waals surface area contributed by atoms with Gasteiger partial charge in [-0.25, -0.2) is 9.59 Å². The zero-order chi connectivity index (χ0) is 55.7. The van der Waals surface area contributed by atoms with Gasteiger partial charge in [0.2, 0.25) is 41.4 Å². The fourth-order valence-corrected chi connectivity index (χ4v) is 8.46. The van der Waals surface area contributed by atoms with Crippen LogP contribution in [0.15, 0.2) is 91.0 Å². The van der Waals surface area contributed by atoms with Crippen LogP contribution < -0.4 is 43.0 Å². The minimum absolute atomic E-state index is 0.0152. The predicted octanol–water partition coefficient (Wildman–Crippen LogP) is 2.35. The first kappa shape index (κ1) is 60.2. The maximum Gasteiger partial charge on any atom is 0.407 e. The van der Waals surface area contributed by atoms with Crippen molar-refractivity contribution < 1.29 is 57.7 Å². The number of aliphatic carboxylic acids is 1. The maximum absolute atomic E-state index is 14.7. The van der Waals surface area contributed by atoms with E-state index >= 15 is 0 Å². The quantitative estimate of drug-likeness (QED) is 0.0583. The monoisotopic (exact) mass is 1040 g/mol. The smallest absolute Gasteiger partial charge is 0.407 e. The first-order chi connectivity index (χ1) is 35.3. The highest BCUT2D eigenvalue weighted by molar-refractivity contribution is 5.97. The molecule has 8 amide bonds. The number of alkyl carbamates (subject to hydrolysis) is 1. The third-order valence-corrected chi connectivity index (χ3v) is 12.2. The number of amides is 8. The van der Waals surface area contributed by atoms with Gasteiger partial charge in [0.05, 0.1) is 31.2 Å². The number of carbonyl (C=O) groups is 9. The molecule has 3 aromatic carbocycles. The van der Waals surface area contributed by atoms with E-state index in [0.29, 0.717) is 23.1 Å². The van der Waals surface area contributed by atoms with Gasteiger partial charge in [0.1, 0.15) is 41.3 Å². The van der Waals surface area contributed by atoms with E-state index in [4.69, 9.17) is 15.2 Å². The van der Waals surface area contributed by atoms with Gasteiger partial charge in [-0.1, -0.05) is 118 Å². The summed E-state index contributed by atoms with van der Waals surface area (Å²) in [7, 11) is 0. The van der Waals surface area contributed by atoms with Gasteiger partial charge in [0.25, 0.3) is 0 Å². The molecule has 1 heterocycles. The number of nitrogens with one attached hydrogen (secondary N) is 7. The summed E-state index contributed by atoms with van der Waals surface area (Å²) in [4.78, 5) is 122. The number of nitrogens with zero attached hydrogens (tertiary/aromatic N) is 1. The van der Waals surface area contributed by atoms with Crippen LogP contribution in [0.25, 0.3) is 0 Å². The van der Waals surface area contributed by atoms with Crippen molar-refractivity contribution in [3.63, 3.8) is 0 Å². The van der Waals surface area contributed by atoms with E-state index < -0.39 is 132 Å². The molecule has 7 atom stereocenters. The highest BCUT2D eigenvalue weighted by Crippen LogP contribution is 2.37. The van der Waals surface area contributed by atoms with E-state index in [2.05, 4.69) is 37.2 Å². The molecule has 0 saturated carbocycles. The summed E-state index contributed by atoms with van der Waals surface area (Å²) in [6.45, 7) is 13.8. The summed E-state index contributed by atoms with van der Waals surface area (Å²) in [5, 5.41) is 28.5. The number of ether oxygens (including phenoxy) is 2. The van der Waals surface area contributed by atoms with Crippen LogP contribution in [0.3, 0.4) is 0 Å². The number of nitrogens with two attached hydrogens (primary N) is 1. The molecular weight excluding hydrogens is 967 g/mol. The molecule has 0 radical (unpaired) electrons. The number of rotatable bonds is 24. The summed E-state index contributed by atoms with van der Waals surface area (Å²) in [6, 6.07) is 21.0. The molecule has 1 aliphatic heterocycles.